The van der Waals surface area contributed by atoms with E-state index in [1.54, 1.807) is 19.1 Å². The summed E-state index contributed by atoms with van der Waals surface area (Å²) in [5, 5.41) is 0. The van der Waals surface area contributed by atoms with Crippen LogP contribution in [0.25, 0.3) is 11.1 Å². The number of rotatable bonds is 20. The summed E-state index contributed by atoms with van der Waals surface area (Å²) < 4.78 is 68.4. The Morgan fingerprint density at radius 3 is 0.916 bits per heavy atom. The summed E-state index contributed by atoms with van der Waals surface area (Å²) in [6.45, 7) is 66.1. The van der Waals surface area contributed by atoms with E-state index in [0.29, 0.717) is 28.3 Å². The molecule has 1 atom stereocenters. The summed E-state index contributed by atoms with van der Waals surface area (Å²) in [5.41, 5.74) is 21.7. The third-order valence-corrected chi connectivity index (χ3v) is 21.8. The van der Waals surface area contributed by atoms with Crippen molar-refractivity contribution in [3.8, 4) is 22.6 Å². The van der Waals surface area contributed by atoms with Gasteiger partial charge >= 0.3 is 0 Å². The quantitative estimate of drug-likeness (QED) is 0.0430. The Morgan fingerprint density at radius 1 is 0.290 bits per heavy atom. The normalized spacial score (nSPS) is 11.8. The van der Waals surface area contributed by atoms with Gasteiger partial charge in [-0.1, -0.05) is 468 Å². The van der Waals surface area contributed by atoms with Gasteiger partial charge < -0.3 is 9.47 Å². The van der Waals surface area contributed by atoms with Crippen molar-refractivity contribution in [1.29, 1.82) is 0 Å². The summed E-state index contributed by atoms with van der Waals surface area (Å²) in [4.78, 5) is 0. The van der Waals surface area contributed by atoms with E-state index < -0.39 is 39.8 Å². The van der Waals surface area contributed by atoms with Crippen molar-refractivity contribution in [2.24, 2.45) is 27.6 Å². The van der Waals surface area contributed by atoms with Crippen LogP contribution in [0.4, 0.5) is 17.6 Å². The summed E-state index contributed by atoms with van der Waals surface area (Å²) in [6, 6.07) is 101. The molecule has 6 heteroatoms. The topological polar surface area (TPSA) is 18.5 Å². The molecule has 0 radical (unpaired) electrons. The number of halogens is 4. The second-order valence-electron chi connectivity index (χ2n) is 44.9. The van der Waals surface area contributed by atoms with Crippen molar-refractivity contribution < 1.29 is 27.0 Å². The maximum Gasteiger partial charge on any atom is 0.170 e. The van der Waals surface area contributed by atoms with Crippen molar-refractivity contribution >= 4 is 0 Å². The van der Waals surface area contributed by atoms with Gasteiger partial charge in [-0.05, 0) is 245 Å². The lowest BCUT2D eigenvalue weighted by Crippen LogP contribution is -2.19. The summed E-state index contributed by atoms with van der Waals surface area (Å²) in [5.74, 6) is -2.76. The van der Waals surface area contributed by atoms with E-state index in [1.165, 1.54) is 129 Å². The van der Waals surface area contributed by atoms with Gasteiger partial charge in [0.2, 0.25) is 0 Å². The van der Waals surface area contributed by atoms with Gasteiger partial charge in [-0.15, -0.1) is 0 Å². The maximum atomic E-state index is 14.2. The van der Waals surface area contributed by atoms with Gasteiger partial charge in [0.05, 0.1) is 12.2 Å². The summed E-state index contributed by atoms with van der Waals surface area (Å²) >= 11 is 0. The largest absolute Gasteiger partial charge is 0.494 e. The first kappa shape index (κ1) is 111. The molecular weight excluding hydrogens is 1610 g/mol. The van der Waals surface area contributed by atoms with Crippen LogP contribution >= 0.6 is 0 Å². The number of allylic oxidation sites excluding steroid dienone is 2. The fourth-order valence-corrected chi connectivity index (χ4v) is 14.4. The standard InChI is InChI=1S/C21H34O.C18H22.C17H16F4.C17H20O.C17H20.2C12H18.C11H16/c1-17(2)8-7-9-18(3)14-15-22-20-12-10-19(11-13-20)16-21(4,5)6;1-18(2,3)17-13-11-16(12-14-17)10-9-15-7-5-4-6-8-15;1-9-5-7-10(8-6-9)11-13(18)15(20)12(17(2,3)4)16(21)14(11)19;1-17(2,3)15-11-9-14(10-12-15)13-18-16-7-5-4-6-8-16;1-17(2,3)16-11-9-15(10-12-16)13-14-7-5-4-6-8-14;2*1-10-5-7-11(8-6-10)9-12(2,3)4;1-11(2,3)9-10-7-5-4-6-8-10/h8,10-13,18H,7,9,14-16H2,1-6H3;4-8,11-14H,9-10H2,1-3H3;5-8H,1-4H3;4-12H,13H2,1-3H3;4-12H,13H2,1-3H3;2*5-8H,9H2,1-4H3;4-8H,9H2,1-3H3. The summed E-state index contributed by atoms with van der Waals surface area (Å²) in [6.07, 6.45) is 13.7. The monoisotopic (exact) mass is 1770 g/mol. The predicted octanol–water partition coefficient (Wildman–Crippen LogP) is 36.3. The van der Waals surface area contributed by atoms with Gasteiger partial charge in [-0.3, -0.25) is 0 Å². The highest BCUT2D eigenvalue weighted by Crippen LogP contribution is 2.38. The molecule has 131 heavy (non-hydrogen) atoms. The highest BCUT2D eigenvalue weighted by molar-refractivity contribution is 5.66. The number of aryl methyl sites for hydroxylation is 5. The highest BCUT2D eigenvalue weighted by Gasteiger charge is 2.33. The SMILES string of the molecule is CC(C)(C)Cc1ccccc1.CC(C)(C)c1ccc(CCc2ccccc2)cc1.CC(C)(C)c1ccc(COc2ccccc2)cc1.CC(C)(C)c1ccc(Cc2ccccc2)cc1.CC(C)=CCCC(C)CCOc1ccc(CC(C)(C)C)cc1.Cc1ccc(-c2c(F)c(F)c(C(C)(C)C)c(F)c2F)cc1.Cc1ccc(CC(C)(C)C)cc1.Cc1ccc(CC(C)(C)C)cc1. The predicted molar refractivity (Wildman–Crippen MR) is 560 cm³/mol. The zero-order chi connectivity index (χ0) is 97.6. The molecule has 0 saturated heterocycles. The fourth-order valence-electron chi connectivity index (χ4n) is 14.4. The van der Waals surface area contributed by atoms with Gasteiger partial charge in [0.1, 0.15) is 18.1 Å². The minimum Gasteiger partial charge on any atom is -0.494 e. The second kappa shape index (κ2) is 52.8. The van der Waals surface area contributed by atoms with Crippen LogP contribution in [0.2, 0.25) is 0 Å². The zero-order valence-electron chi connectivity index (χ0n) is 86.2. The average molecular weight is 1770 g/mol. The first-order chi connectivity index (χ1) is 61.1. The second-order valence-corrected chi connectivity index (χ2v) is 44.9. The van der Waals surface area contributed by atoms with E-state index in [1.807, 2.05) is 30.3 Å². The van der Waals surface area contributed by atoms with Crippen molar-refractivity contribution in [3.05, 3.63) is 415 Å². The molecule has 0 fully saturated rings. The molecule has 0 bridgehead atoms. The maximum absolute atomic E-state index is 14.2. The number of ether oxygens (including phenoxy) is 2. The van der Waals surface area contributed by atoms with Gasteiger partial charge in [-0.2, -0.15) is 0 Å². The minimum atomic E-state index is -1.36. The van der Waals surface area contributed by atoms with Crippen LogP contribution in [0.1, 0.15) is 295 Å². The van der Waals surface area contributed by atoms with Crippen LogP contribution in [0.5, 0.6) is 11.5 Å². The lowest BCUT2D eigenvalue weighted by Gasteiger charge is -2.22. The molecule has 1 unspecified atom stereocenters. The van der Waals surface area contributed by atoms with Crippen molar-refractivity contribution in [2.45, 2.75) is 300 Å². The average Bonchev–Trinajstić information content (AvgIpc) is 0.757. The van der Waals surface area contributed by atoms with Crippen molar-refractivity contribution in [2.75, 3.05) is 6.61 Å². The first-order valence-electron chi connectivity index (χ1n) is 47.6. The van der Waals surface area contributed by atoms with Crippen LogP contribution in [-0.2, 0) is 73.2 Å². The molecule has 0 amide bonds. The molecule has 704 valence electrons. The first-order valence-corrected chi connectivity index (χ1v) is 47.6. The van der Waals surface area contributed by atoms with E-state index in [-0.39, 0.29) is 21.8 Å². The smallest absolute Gasteiger partial charge is 0.170 e. The molecule has 12 rings (SSSR count). The van der Waals surface area contributed by atoms with Gasteiger partial charge in [0, 0.05) is 5.56 Å². The van der Waals surface area contributed by atoms with Crippen LogP contribution in [0.15, 0.2) is 303 Å². The van der Waals surface area contributed by atoms with Crippen molar-refractivity contribution in [3.63, 3.8) is 0 Å². The van der Waals surface area contributed by atoms with E-state index in [9.17, 15) is 17.6 Å². The molecule has 12 aromatic rings. The molecule has 0 saturated carbocycles. The number of para-hydroxylation sites is 1. The van der Waals surface area contributed by atoms with Crippen LogP contribution < -0.4 is 9.47 Å². The zero-order valence-corrected chi connectivity index (χ0v) is 86.2. The molecule has 0 aliphatic carbocycles. The Kier molecular flexibility index (Phi) is 44.8. The molecule has 0 N–H and O–H groups in total. The number of benzene rings is 12. The lowest BCUT2D eigenvalue weighted by atomic mass is 9.84. The Bertz CT molecular complexity index is 5000. The molecule has 0 aromatic heterocycles. The van der Waals surface area contributed by atoms with E-state index in [4.69, 9.17) is 9.47 Å². The summed E-state index contributed by atoms with van der Waals surface area (Å²) in [7, 11) is 0. The van der Waals surface area contributed by atoms with Gasteiger partial charge in [0.25, 0.3) is 0 Å². The molecule has 0 spiro atoms. The van der Waals surface area contributed by atoms with E-state index in [0.717, 1.165) is 81.0 Å². The molecule has 0 aliphatic rings. The van der Waals surface area contributed by atoms with E-state index >= 15 is 0 Å². The van der Waals surface area contributed by atoms with Crippen molar-refractivity contribution in [1.82, 2.24) is 0 Å². The third-order valence-electron chi connectivity index (χ3n) is 21.8. The third kappa shape index (κ3) is 46.1. The molecule has 0 aliphatic heterocycles. The molecule has 12 aromatic carbocycles. The van der Waals surface area contributed by atoms with Gasteiger partial charge in [-0.25, -0.2) is 17.6 Å². The highest BCUT2D eigenvalue weighted by atomic mass is 19.2. The van der Waals surface area contributed by atoms with Crippen LogP contribution in [0.3, 0.4) is 0 Å². The molecule has 2 nitrogen and oxygen atoms in total. The molecular formula is C125H164F4O2. The Labute approximate surface area is 794 Å². The number of hydrogen-bond acceptors (Lipinski definition) is 2. The van der Waals surface area contributed by atoms with E-state index in [2.05, 4.69) is 423 Å². The molecule has 0 heterocycles. The van der Waals surface area contributed by atoms with Crippen LogP contribution in [0, 0.1) is 71.6 Å². The number of hydrogen-bond donors (Lipinski definition) is 0. The lowest BCUT2D eigenvalue weighted by molar-refractivity contribution is 0.279. The Hall–Kier alpha value is -10.3. The Morgan fingerprint density at radius 2 is 0.573 bits per heavy atom. The fraction of sp³-hybridized carbons (Fsp3) is 0.408. The van der Waals surface area contributed by atoms with Crippen LogP contribution in [-0.4, -0.2) is 6.61 Å². The Balaban J connectivity index is 0.000000268. The van der Waals surface area contributed by atoms with Gasteiger partial charge in [0.15, 0.2) is 23.3 Å². The minimum absolute atomic E-state index is 0.105.